The molecule has 0 saturated carbocycles. The Hall–Kier alpha value is -2.54. The van der Waals surface area contributed by atoms with Crippen molar-refractivity contribution in [2.45, 2.75) is 38.4 Å². The molecule has 1 heterocycles. The molecule has 0 fully saturated rings. The second kappa shape index (κ2) is 8.43. The smallest absolute Gasteiger partial charge is 0.230 e. The number of carbonyl (C=O) groups excluding carboxylic acids is 1. The number of nitrogens with one attached hydrogen (secondary N) is 1. The van der Waals surface area contributed by atoms with Crippen molar-refractivity contribution in [2.24, 2.45) is 5.92 Å². The van der Waals surface area contributed by atoms with Crippen LogP contribution < -0.4 is 11.2 Å². The first-order valence-corrected chi connectivity index (χ1v) is 10.0. The van der Waals surface area contributed by atoms with Crippen LogP contribution in [0.2, 0.25) is 0 Å². The number of rotatable bonds is 7. The number of nitrogens with zero attached hydrogens (tertiary/aromatic N) is 3. The molecule has 0 bridgehead atoms. The molecule has 0 saturated heterocycles. The largest absolute Gasteiger partial charge is 0.353 e. The molecule has 0 aliphatic heterocycles. The number of benzene rings is 2. The van der Waals surface area contributed by atoms with E-state index in [4.69, 9.17) is 5.84 Å². The maximum Gasteiger partial charge on any atom is 0.230 e. The number of fused-ring (bicyclic) bond motifs is 1. The zero-order valence-electron chi connectivity index (χ0n) is 15.8. The Morgan fingerprint density at radius 1 is 1.15 bits per heavy atom. The van der Waals surface area contributed by atoms with Gasteiger partial charge in [-0.3, -0.25) is 4.79 Å². The predicted molar refractivity (Wildman–Crippen MR) is 110 cm³/mol. The molecule has 142 valence electrons. The second-order valence-corrected chi connectivity index (χ2v) is 7.92. The van der Waals surface area contributed by atoms with E-state index >= 15 is 0 Å². The lowest BCUT2D eigenvalue weighted by atomic mass is 10.0. The van der Waals surface area contributed by atoms with Gasteiger partial charge in [0, 0.05) is 12.5 Å². The van der Waals surface area contributed by atoms with Crippen LogP contribution >= 0.6 is 11.8 Å². The summed E-state index contributed by atoms with van der Waals surface area (Å²) in [5.41, 5.74) is 1.15. The standard InChI is InChI=1S/C20H25N5OS/c1-13(2)14(3)22-19(26)12-27-20-24-23-18(25(20)21)11-16-9-6-8-15-7-4-5-10-17(15)16/h4-10,13-14H,11-12,21H2,1-3H3,(H,22,26)/t14-/m1/s1. The topological polar surface area (TPSA) is 85.8 Å². The highest BCUT2D eigenvalue weighted by Gasteiger charge is 2.15. The van der Waals surface area contributed by atoms with Crippen molar-refractivity contribution < 1.29 is 4.79 Å². The molecular formula is C20H25N5OS. The number of hydrogen-bond donors (Lipinski definition) is 2. The molecule has 0 radical (unpaired) electrons. The molecule has 3 rings (SSSR count). The lowest BCUT2D eigenvalue weighted by molar-refractivity contribution is -0.119. The summed E-state index contributed by atoms with van der Waals surface area (Å²) in [6.45, 7) is 6.16. The fraction of sp³-hybridized carbons (Fsp3) is 0.350. The zero-order chi connectivity index (χ0) is 19.4. The van der Waals surface area contributed by atoms with Crippen LogP contribution in [0.25, 0.3) is 10.8 Å². The van der Waals surface area contributed by atoms with Crippen molar-refractivity contribution in [2.75, 3.05) is 11.6 Å². The van der Waals surface area contributed by atoms with Crippen LogP contribution in [0.3, 0.4) is 0 Å². The maximum atomic E-state index is 12.1. The minimum absolute atomic E-state index is 0.0280. The van der Waals surface area contributed by atoms with Crippen LogP contribution in [-0.2, 0) is 11.2 Å². The molecule has 1 amide bonds. The number of nitrogens with two attached hydrogens (primary N) is 1. The highest BCUT2D eigenvalue weighted by molar-refractivity contribution is 7.99. The summed E-state index contributed by atoms with van der Waals surface area (Å²) < 4.78 is 1.48. The van der Waals surface area contributed by atoms with E-state index in [0.29, 0.717) is 23.3 Å². The summed E-state index contributed by atoms with van der Waals surface area (Å²) in [6, 6.07) is 14.6. The van der Waals surface area contributed by atoms with Crippen molar-refractivity contribution in [3.05, 3.63) is 53.9 Å². The van der Waals surface area contributed by atoms with Crippen LogP contribution in [0.5, 0.6) is 0 Å². The van der Waals surface area contributed by atoms with Crippen LogP contribution in [0.1, 0.15) is 32.2 Å². The number of aromatic nitrogens is 3. The molecule has 1 aromatic heterocycles. The summed E-state index contributed by atoms with van der Waals surface area (Å²) in [7, 11) is 0. The molecule has 0 spiro atoms. The fourth-order valence-electron chi connectivity index (χ4n) is 2.74. The van der Waals surface area contributed by atoms with Gasteiger partial charge in [0.15, 0.2) is 5.82 Å². The molecule has 6 nitrogen and oxygen atoms in total. The van der Waals surface area contributed by atoms with E-state index in [1.165, 1.54) is 27.2 Å². The number of amides is 1. The number of nitrogen functional groups attached to an aromatic ring is 1. The monoisotopic (exact) mass is 383 g/mol. The van der Waals surface area contributed by atoms with E-state index in [0.717, 1.165) is 5.56 Å². The van der Waals surface area contributed by atoms with Crippen LogP contribution in [0.4, 0.5) is 0 Å². The molecule has 3 aromatic rings. The van der Waals surface area contributed by atoms with Gasteiger partial charge in [0.05, 0.1) is 5.75 Å². The number of carbonyl (C=O) groups is 1. The average molecular weight is 384 g/mol. The van der Waals surface area contributed by atoms with Crippen LogP contribution in [-0.4, -0.2) is 32.6 Å². The summed E-state index contributed by atoms with van der Waals surface area (Å²) in [5.74, 6) is 7.47. The van der Waals surface area contributed by atoms with E-state index < -0.39 is 0 Å². The normalized spacial score (nSPS) is 12.4. The molecule has 27 heavy (non-hydrogen) atoms. The van der Waals surface area contributed by atoms with E-state index in [9.17, 15) is 4.79 Å². The van der Waals surface area contributed by atoms with Crippen molar-refractivity contribution in [1.82, 2.24) is 20.2 Å². The van der Waals surface area contributed by atoms with Crippen molar-refractivity contribution in [1.29, 1.82) is 0 Å². The lowest BCUT2D eigenvalue weighted by Gasteiger charge is -2.17. The molecule has 2 aromatic carbocycles. The van der Waals surface area contributed by atoms with E-state index in [1.54, 1.807) is 0 Å². The maximum absolute atomic E-state index is 12.1. The van der Waals surface area contributed by atoms with Gasteiger partial charge in [0.25, 0.3) is 0 Å². The summed E-state index contributed by atoms with van der Waals surface area (Å²) in [4.78, 5) is 12.1. The number of thioether (sulfide) groups is 1. The van der Waals surface area contributed by atoms with Gasteiger partial charge in [-0.2, -0.15) is 0 Å². The summed E-state index contributed by atoms with van der Waals surface area (Å²) >= 11 is 1.30. The van der Waals surface area contributed by atoms with E-state index in [-0.39, 0.29) is 17.7 Å². The van der Waals surface area contributed by atoms with Crippen molar-refractivity contribution >= 4 is 28.4 Å². The van der Waals surface area contributed by atoms with Gasteiger partial charge in [-0.15, -0.1) is 10.2 Å². The van der Waals surface area contributed by atoms with Crippen molar-refractivity contribution in [3.63, 3.8) is 0 Å². The average Bonchev–Trinajstić information content (AvgIpc) is 3.00. The molecule has 1 atom stereocenters. The van der Waals surface area contributed by atoms with Gasteiger partial charge < -0.3 is 11.2 Å². The minimum atomic E-state index is -0.0280. The van der Waals surface area contributed by atoms with Gasteiger partial charge in [0.2, 0.25) is 11.1 Å². The third-order valence-corrected chi connectivity index (χ3v) is 5.63. The zero-order valence-corrected chi connectivity index (χ0v) is 16.7. The Balaban J connectivity index is 1.67. The van der Waals surface area contributed by atoms with Crippen LogP contribution in [0.15, 0.2) is 47.6 Å². The van der Waals surface area contributed by atoms with Gasteiger partial charge >= 0.3 is 0 Å². The quantitative estimate of drug-likeness (QED) is 0.484. The molecule has 3 N–H and O–H groups in total. The molecule has 7 heteroatoms. The minimum Gasteiger partial charge on any atom is -0.353 e. The fourth-order valence-corrected chi connectivity index (χ4v) is 3.42. The molecule has 0 unspecified atom stereocenters. The Morgan fingerprint density at radius 2 is 1.89 bits per heavy atom. The first kappa shape index (κ1) is 19.2. The highest BCUT2D eigenvalue weighted by Crippen LogP contribution is 2.22. The SMILES string of the molecule is CC(C)[C@@H](C)NC(=O)CSc1nnc(Cc2cccc3ccccc23)n1N. The molecular weight excluding hydrogens is 358 g/mol. The Kier molecular flexibility index (Phi) is 6.01. The third kappa shape index (κ3) is 4.60. The van der Waals surface area contributed by atoms with Gasteiger partial charge in [-0.25, -0.2) is 4.68 Å². The second-order valence-electron chi connectivity index (χ2n) is 6.97. The lowest BCUT2D eigenvalue weighted by Crippen LogP contribution is -2.37. The number of hydrogen-bond acceptors (Lipinski definition) is 5. The van der Waals surface area contributed by atoms with E-state index in [1.807, 2.05) is 25.1 Å². The molecule has 0 aliphatic carbocycles. The first-order valence-electron chi connectivity index (χ1n) is 9.04. The van der Waals surface area contributed by atoms with E-state index in [2.05, 4.69) is 53.6 Å². The predicted octanol–water partition coefficient (Wildman–Crippen LogP) is 2.99. The summed E-state index contributed by atoms with van der Waals surface area (Å²) in [5, 5.41) is 14.3. The van der Waals surface area contributed by atoms with Crippen LogP contribution in [0, 0.1) is 5.92 Å². The Morgan fingerprint density at radius 3 is 2.67 bits per heavy atom. The third-order valence-electron chi connectivity index (χ3n) is 4.68. The molecule has 0 aliphatic rings. The Labute approximate surface area is 163 Å². The van der Waals surface area contributed by atoms with Gasteiger partial charge in [-0.05, 0) is 29.2 Å². The first-order chi connectivity index (χ1) is 13.0. The summed E-state index contributed by atoms with van der Waals surface area (Å²) in [6.07, 6.45) is 0.585. The highest BCUT2D eigenvalue weighted by atomic mass is 32.2. The Bertz CT molecular complexity index is 932. The van der Waals surface area contributed by atoms with Gasteiger partial charge in [-0.1, -0.05) is 68.1 Å². The van der Waals surface area contributed by atoms with Gasteiger partial charge in [0.1, 0.15) is 0 Å². The van der Waals surface area contributed by atoms with Crippen molar-refractivity contribution in [3.8, 4) is 0 Å².